The Labute approximate surface area is 130 Å². The topological polar surface area (TPSA) is 52.6 Å². The Hall–Kier alpha value is -0.258. The van der Waals surface area contributed by atoms with Gasteiger partial charge in [0.05, 0.1) is 0 Å². The molecule has 102 valence electrons. The van der Waals surface area contributed by atoms with Crippen molar-refractivity contribution in [3.8, 4) is 0 Å². The first-order chi connectivity index (χ1) is 9.62. The molecule has 20 heavy (non-hydrogen) atoms. The van der Waals surface area contributed by atoms with E-state index in [1.165, 1.54) is 0 Å². The molecule has 0 amide bonds. The van der Waals surface area contributed by atoms with Crippen LogP contribution < -0.4 is 10.6 Å². The fourth-order valence-corrected chi connectivity index (χ4v) is 18.1. The minimum atomic E-state index is -3.05. The maximum absolute atomic E-state index is 13.0. The van der Waals surface area contributed by atoms with Gasteiger partial charge in [-0.05, 0) is 0 Å². The average Bonchev–Trinajstić information content (AvgIpc) is 2.49. The monoisotopic (exact) mass is 502 g/mol. The molecule has 0 aliphatic carbocycles. The van der Waals surface area contributed by atoms with E-state index in [-0.39, 0.29) is 5.90 Å². The molecule has 0 spiro atoms. The normalized spacial score (nSPS) is 30.0. The van der Waals surface area contributed by atoms with Crippen molar-refractivity contribution in [3.05, 3.63) is 60.7 Å². The minimum absolute atomic E-state index is 0.0406. The quantitative estimate of drug-likeness (QED) is 0.470. The van der Waals surface area contributed by atoms with E-state index in [4.69, 9.17) is 4.95 Å². The summed E-state index contributed by atoms with van der Waals surface area (Å²) in [5.41, 5.74) is 0. The molecule has 2 aromatic rings. The number of hydrogen-bond donors (Lipinski definition) is 0. The molecule has 1 saturated heterocycles. The summed E-state index contributed by atoms with van der Waals surface area (Å²) in [6.07, 6.45) is 0. The fourth-order valence-electron chi connectivity index (χ4n) is 2.02. The molecule has 7 heteroatoms. The fraction of sp³-hybridized carbons (Fsp3) is 0.0769. The van der Waals surface area contributed by atoms with E-state index in [9.17, 15) is 9.13 Å². The van der Waals surface area contributed by atoms with Crippen LogP contribution in [0.1, 0.15) is 0 Å². The van der Waals surface area contributed by atoms with E-state index in [2.05, 4.69) is 0 Å². The Morgan fingerprint density at radius 2 is 1.15 bits per heavy atom. The third-order valence-electron chi connectivity index (χ3n) is 3.04. The molecule has 0 aromatic heterocycles. The molecule has 4 nitrogen and oxygen atoms in total. The van der Waals surface area contributed by atoms with Crippen molar-refractivity contribution in [1.29, 1.82) is 0 Å². The Kier molecular flexibility index (Phi) is 4.29. The first kappa shape index (κ1) is 14.7. The zero-order chi connectivity index (χ0) is 14.1. The van der Waals surface area contributed by atoms with Crippen molar-refractivity contribution in [1.82, 2.24) is 0 Å². The van der Waals surface area contributed by atoms with Crippen LogP contribution in [0.5, 0.6) is 0 Å². The van der Waals surface area contributed by atoms with Crippen molar-refractivity contribution in [2.24, 2.45) is 0 Å². The molecule has 1 fully saturated rings. The third-order valence-corrected chi connectivity index (χ3v) is 17.5. The van der Waals surface area contributed by atoms with Gasteiger partial charge in [-0.3, -0.25) is 0 Å². The summed E-state index contributed by atoms with van der Waals surface area (Å²) < 4.78 is 37.0. The second kappa shape index (κ2) is 5.86. The van der Waals surface area contributed by atoms with E-state index in [0.717, 1.165) is 0 Å². The van der Waals surface area contributed by atoms with Crippen molar-refractivity contribution >= 4 is 50.5 Å². The Morgan fingerprint density at radius 3 is 1.55 bits per heavy atom. The average molecular weight is 501 g/mol. The Morgan fingerprint density at radius 1 is 0.750 bits per heavy atom. The molecular weight excluding hydrogens is 489 g/mol. The number of hydrogen-bond acceptors (Lipinski definition) is 4. The van der Waals surface area contributed by atoms with E-state index < -0.39 is 39.9 Å². The number of benzene rings is 2. The SMILES string of the molecule is O=P1(c2ccccc2)CP(=O)(c2ccccc2)[O][Pb][O]1. The van der Waals surface area contributed by atoms with Gasteiger partial charge in [0.15, 0.2) is 0 Å². The van der Waals surface area contributed by atoms with Crippen molar-refractivity contribution in [3.63, 3.8) is 0 Å². The summed E-state index contributed by atoms with van der Waals surface area (Å²) in [4.78, 5) is 0. The predicted molar refractivity (Wildman–Crippen MR) is 80.2 cm³/mol. The van der Waals surface area contributed by atoms with Gasteiger partial charge in [0, 0.05) is 0 Å². The van der Waals surface area contributed by atoms with Gasteiger partial charge in [-0.2, -0.15) is 0 Å². The first-order valence-electron chi connectivity index (χ1n) is 6.04. The molecule has 2 atom stereocenters. The Balaban J connectivity index is 1.99. The van der Waals surface area contributed by atoms with E-state index in [0.29, 0.717) is 10.6 Å². The van der Waals surface area contributed by atoms with Crippen LogP contribution >= 0.6 is 14.7 Å². The van der Waals surface area contributed by atoms with Crippen LogP contribution in [0.3, 0.4) is 0 Å². The summed E-state index contributed by atoms with van der Waals surface area (Å²) in [6, 6.07) is 18.0. The molecule has 0 bridgehead atoms. The van der Waals surface area contributed by atoms with Gasteiger partial charge in [0.1, 0.15) is 0 Å². The van der Waals surface area contributed by atoms with Gasteiger partial charge in [-0.1, -0.05) is 0 Å². The Bertz CT molecular complexity index is 631. The maximum atomic E-state index is 13.0. The van der Waals surface area contributed by atoms with Gasteiger partial charge >= 0.3 is 131 Å². The molecule has 0 saturated carbocycles. The van der Waals surface area contributed by atoms with E-state index in [1.807, 2.05) is 36.4 Å². The third kappa shape index (κ3) is 2.85. The van der Waals surface area contributed by atoms with Crippen molar-refractivity contribution in [2.45, 2.75) is 0 Å². The van der Waals surface area contributed by atoms with Crippen LogP contribution in [-0.2, 0) is 14.1 Å². The molecule has 0 N–H and O–H groups in total. The van der Waals surface area contributed by atoms with Crippen LogP contribution in [0.4, 0.5) is 0 Å². The summed E-state index contributed by atoms with van der Waals surface area (Å²) in [7, 11) is -6.11. The van der Waals surface area contributed by atoms with Crippen LogP contribution in [0, 0.1) is 0 Å². The van der Waals surface area contributed by atoms with Crippen LogP contribution in [0.15, 0.2) is 60.7 Å². The van der Waals surface area contributed by atoms with Gasteiger partial charge < -0.3 is 0 Å². The second-order valence-electron chi connectivity index (χ2n) is 4.43. The van der Waals surface area contributed by atoms with Crippen LogP contribution in [0.25, 0.3) is 0 Å². The molecule has 3 rings (SSSR count). The summed E-state index contributed by atoms with van der Waals surface area (Å²) in [6.45, 7) is 0. The van der Waals surface area contributed by atoms with Crippen LogP contribution in [-0.4, -0.2) is 31.0 Å². The zero-order valence-corrected chi connectivity index (χ0v) is 16.2. The summed E-state index contributed by atoms with van der Waals surface area (Å²) in [5, 5.41) is 1.26. The first-order valence-corrected chi connectivity index (χ1v) is 12.8. The molecular formula is C13H12O4P2Pb. The molecule has 2 unspecified atom stereocenters. The van der Waals surface area contributed by atoms with Crippen LogP contribution in [0.2, 0.25) is 0 Å². The molecule has 1 aliphatic heterocycles. The number of rotatable bonds is 2. The molecule has 1 heterocycles. The standard InChI is InChI=1S/C13H14O4P2.Pb/c14-18(15,12-7-3-1-4-8-12)11-19(16,17)13-9-5-2-6-10-13;/h1-10H,11H2,(H,14,15)(H,16,17);/q;+2/p-2. The summed E-state index contributed by atoms with van der Waals surface area (Å²) >= 11 is -2.04. The van der Waals surface area contributed by atoms with Gasteiger partial charge in [0.2, 0.25) is 0 Å². The molecule has 2 aromatic carbocycles. The molecule has 1 aliphatic rings. The second-order valence-corrected chi connectivity index (χ2v) is 14.6. The van der Waals surface area contributed by atoms with Crippen molar-refractivity contribution < 1.29 is 14.1 Å². The zero-order valence-electron chi connectivity index (χ0n) is 10.5. The van der Waals surface area contributed by atoms with Gasteiger partial charge in [-0.15, -0.1) is 0 Å². The van der Waals surface area contributed by atoms with E-state index in [1.54, 1.807) is 24.3 Å². The van der Waals surface area contributed by atoms with Gasteiger partial charge in [0.25, 0.3) is 0 Å². The van der Waals surface area contributed by atoms with E-state index >= 15 is 0 Å². The predicted octanol–water partition coefficient (Wildman–Crippen LogP) is 2.73. The van der Waals surface area contributed by atoms with Crippen molar-refractivity contribution in [2.75, 3.05) is 5.90 Å². The summed E-state index contributed by atoms with van der Waals surface area (Å²) in [5.74, 6) is -0.0406. The molecule has 2 radical (unpaired) electrons. The van der Waals surface area contributed by atoms with Gasteiger partial charge in [-0.25, -0.2) is 0 Å².